The summed E-state index contributed by atoms with van der Waals surface area (Å²) >= 11 is 0. The molecule has 29 heavy (non-hydrogen) atoms. The predicted molar refractivity (Wildman–Crippen MR) is 110 cm³/mol. The van der Waals surface area contributed by atoms with Gasteiger partial charge in [-0.05, 0) is 29.8 Å². The Balaban J connectivity index is 1.91. The number of carbonyl (C=O) groups excluding carboxylic acids is 1. The topological polar surface area (TPSA) is 65.7 Å². The number of hydrogen-bond donors (Lipinski definition) is 0. The summed E-state index contributed by atoms with van der Waals surface area (Å²) < 4.78 is 16.7. The van der Waals surface area contributed by atoms with Crippen molar-refractivity contribution in [3.63, 3.8) is 0 Å². The van der Waals surface area contributed by atoms with Crippen LogP contribution >= 0.6 is 0 Å². The Morgan fingerprint density at radius 2 is 1.59 bits per heavy atom. The fourth-order valence-electron chi connectivity index (χ4n) is 3.19. The molecule has 0 aliphatic carbocycles. The van der Waals surface area contributed by atoms with E-state index in [9.17, 15) is 9.59 Å². The average molecular weight is 386 g/mol. The molecule has 5 heteroatoms. The molecule has 0 saturated carbocycles. The van der Waals surface area contributed by atoms with Gasteiger partial charge in [-0.25, -0.2) is 9.59 Å². The Bertz CT molecular complexity index is 1210. The first kappa shape index (κ1) is 18.5. The first-order chi connectivity index (χ1) is 14.2. The zero-order valence-corrected chi connectivity index (χ0v) is 15.8. The molecule has 0 spiro atoms. The molecule has 0 amide bonds. The molecule has 1 aromatic heterocycles. The van der Waals surface area contributed by atoms with Crippen molar-refractivity contribution in [3.8, 4) is 11.5 Å². The van der Waals surface area contributed by atoms with Gasteiger partial charge < -0.3 is 13.9 Å². The smallest absolute Gasteiger partial charge is 0.343 e. The number of methoxy groups -OCH3 is 1. The second kappa shape index (κ2) is 8.02. The summed E-state index contributed by atoms with van der Waals surface area (Å²) in [7, 11) is 1.51. The van der Waals surface area contributed by atoms with Crippen LogP contribution in [0.1, 0.15) is 21.5 Å². The molecule has 0 fully saturated rings. The third-order valence-electron chi connectivity index (χ3n) is 4.59. The number of ether oxygens (including phenoxy) is 2. The molecular formula is C24H18O5. The lowest BCUT2D eigenvalue weighted by Crippen LogP contribution is -2.16. The first-order valence-electron chi connectivity index (χ1n) is 9.11. The van der Waals surface area contributed by atoms with Crippen LogP contribution in [0.5, 0.6) is 11.5 Å². The largest absolute Gasteiger partial charge is 0.496 e. The Morgan fingerprint density at radius 1 is 0.897 bits per heavy atom. The fourth-order valence-corrected chi connectivity index (χ4v) is 3.19. The molecule has 3 aromatic carbocycles. The monoisotopic (exact) mass is 386 g/mol. The van der Waals surface area contributed by atoms with Crippen LogP contribution in [-0.4, -0.2) is 13.1 Å². The maximum atomic E-state index is 12.8. The second-order valence-electron chi connectivity index (χ2n) is 6.45. The summed E-state index contributed by atoms with van der Waals surface area (Å²) in [5.41, 5.74) is 1.28. The van der Waals surface area contributed by atoms with E-state index in [1.165, 1.54) is 7.11 Å². The summed E-state index contributed by atoms with van der Waals surface area (Å²) in [5.74, 6) is 0.0561. The van der Waals surface area contributed by atoms with Crippen LogP contribution in [0.25, 0.3) is 11.0 Å². The van der Waals surface area contributed by atoms with Crippen LogP contribution in [0.15, 0.2) is 88.1 Å². The minimum Gasteiger partial charge on any atom is -0.496 e. The van der Waals surface area contributed by atoms with Crippen molar-refractivity contribution in [2.24, 2.45) is 0 Å². The van der Waals surface area contributed by atoms with Crippen LogP contribution in [0, 0.1) is 0 Å². The molecule has 4 rings (SSSR count). The fraction of sp³-hybridized carbons (Fsp3) is 0.0833. The molecule has 0 N–H and O–H groups in total. The van der Waals surface area contributed by atoms with Crippen LogP contribution < -0.4 is 15.1 Å². The van der Waals surface area contributed by atoms with Crippen molar-refractivity contribution in [1.82, 2.24) is 0 Å². The molecular weight excluding hydrogens is 368 g/mol. The number of fused-ring (bicyclic) bond motifs is 1. The highest BCUT2D eigenvalue weighted by atomic mass is 16.5. The lowest BCUT2D eigenvalue weighted by molar-refractivity contribution is 0.0735. The quantitative estimate of drug-likeness (QED) is 0.370. The van der Waals surface area contributed by atoms with E-state index in [-0.39, 0.29) is 17.7 Å². The van der Waals surface area contributed by atoms with E-state index in [0.717, 1.165) is 5.56 Å². The number of rotatable bonds is 5. The molecule has 5 nitrogen and oxygen atoms in total. The van der Waals surface area contributed by atoms with Gasteiger partial charge in [-0.3, -0.25) is 0 Å². The molecule has 0 saturated heterocycles. The molecule has 0 radical (unpaired) electrons. The normalized spacial score (nSPS) is 10.7. The average Bonchev–Trinajstić information content (AvgIpc) is 2.76. The van der Waals surface area contributed by atoms with E-state index in [0.29, 0.717) is 22.3 Å². The Morgan fingerprint density at radius 3 is 2.28 bits per heavy atom. The van der Waals surface area contributed by atoms with Gasteiger partial charge in [0.1, 0.15) is 16.7 Å². The number of carbonyl (C=O) groups is 1. The molecule has 0 bridgehead atoms. The Labute approximate surface area is 167 Å². The van der Waals surface area contributed by atoms with E-state index in [2.05, 4.69) is 0 Å². The predicted octanol–water partition coefficient (Wildman–Crippen LogP) is 4.61. The van der Waals surface area contributed by atoms with Crippen LogP contribution in [0.4, 0.5) is 0 Å². The van der Waals surface area contributed by atoms with Crippen molar-refractivity contribution in [3.05, 3.63) is 106 Å². The van der Waals surface area contributed by atoms with Crippen molar-refractivity contribution < 1.29 is 18.7 Å². The highest BCUT2D eigenvalue weighted by molar-refractivity contribution is 5.96. The Kier molecular flexibility index (Phi) is 5.12. The van der Waals surface area contributed by atoms with Crippen molar-refractivity contribution >= 4 is 16.9 Å². The minimum atomic E-state index is -0.558. The molecule has 0 aliphatic rings. The van der Waals surface area contributed by atoms with Gasteiger partial charge >= 0.3 is 11.6 Å². The van der Waals surface area contributed by atoms with E-state index >= 15 is 0 Å². The Hall–Kier alpha value is -3.86. The third-order valence-corrected chi connectivity index (χ3v) is 4.59. The molecule has 0 unspecified atom stereocenters. The molecule has 4 aromatic rings. The molecule has 1 heterocycles. The van der Waals surface area contributed by atoms with Crippen LogP contribution in [-0.2, 0) is 6.42 Å². The van der Waals surface area contributed by atoms with Gasteiger partial charge in [0.05, 0.1) is 18.2 Å². The third kappa shape index (κ3) is 3.75. The summed E-state index contributed by atoms with van der Waals surface area (Å²) in [6.07, 6.45) is 0.258. The number of benzene rings is 3. The van der Waals surface area contributed by atoms with E-state index < -0.39 is 11.6 Å². The summed E-state index contributed by atoms with van der Waals surface area (Å²) in [4.78, 5) is 25.6. The summed E-state index contributed by atoms with van der Waals surface area (Å²) in [6, 6.07) is 23.2. The highest BCUT2D eigenvalue weighted by Gasteiger charge is 2.22. The van der Waals surface area contributed by atoms with Crippen molar-refractivity contribution in [2.75, 3.05) is 7.11 Å². The highest BCUT2D eigenvalue weighted by Crippen LogP contribution is 2.36. The van der Waals surface area contributed by atoms with Gasteiger partial charge in [-0.2, -0.15) is 0 Å². The van der Waals surface area contributed by atoms with Gasteiger partial charge in [0.15, 0.2) is 5.75 Å². The van der Waals surface area contributed by atoms with Gasteiger partial charge in [0.25, 0.3) is 0 Å². The van der Waals surface area contributed by atoms with E-state index in [1.54, 1.807) is 42.5 Å². The SMILES string of the molecule is COc1cccc2oc(=O)c(Cc3ccccc3)c(OC(=O)c3ccccc3)c12. The molecule has 0 atom stereocenters. The molecule has 144 valence electrons. The van der Waals surface area contributed by atoms with E-state index in [4.69, 9.17) is 13.9 Å². The van der Waals surface area contributed by atoms with Gasteiger partial charge in [-0.1, -0.05) is 54.6 Å². The van der Waals surface area contributed by atoms with Gasteiger partial charge in [0, 0.05) is 6.42 Å². The van der Waals surface area contributed by atoms with Crippen molar-refractivity contribution in [2.45, 2.75) is 6.42 Å². The number of hydrogen-bond acceptors (Lipinski definition) is 5. The minimum absolute atomic E-state index is 0.159. The van der Waals surface area contributed by atoms with Gasteiger partial charge in [-0.15, -0.1) is 0 Å². The van der Waals surface area contributed by atoms with Crippen molar-refractivity contribution in [1.29, 1.82) is 0 Å². The maximum Gasteiger partial charge on any atom is 0.343 e. The van der Waals surface area contributed by atoms with Crippen LogP contribution in [0.2, 0.25) is 0 Å². The van der Waals surface area contributed by atoms with E-state index in [1.807, 2.05) is 36.4 Å². The summed E-state index contributed by atoms with van der Waals surface area (Å²) in [6.45, 7) is 0. The second-order valence-corrected chi connectivity index (χ2v) is 6.45. The summed E-state index contributed by atoms with van der Waals surface area (Å²) in [5, 5.41) is 0.449. The zero-order chi connectivity index (χ0) is 20.2. The van der Waals surface area contributed by atoms with Crippen LogP contribution in [0.3, 0.4) is 0 Å². The lowest BCUT2D eigenvalue weighted by atomic mass is 10.0. The molecule has 0 aliphatic heterocycles. The lowest BCUT2D eigenvalue weighted by Gasteiger charge is -2.14. The van der Waals surface area contributed by atoms with Gasteiger partial charge in [0.2, 0.25) is 0 Å². The maximum absolute atomic E-state index is 12.8. The number of esters is 1. The first-order valence-corrected chi connectivity index (χ1v) is 9.11. The zero-order valence-electron chi connectivity index (χ0n) is 15.8. The standard InChI is InChI=1S/C24H18O5/c1-27-19-13-8-14-20-21(19)22(29-23(25)17-11-6-3-7-12-17)18(24(26)28-20)15-16-9-4-2-5-10-16/h2-14H,15H2,1H3.